The number of halogens is 1. The fraction of sp³-hybridized carbons (Fsp3) is 0.143. The maximum absolute atomic E-state index is 5.03. The Morgan fingerprint density at radius 3 is 2.70 bits per heavy atom. The summed E-state index contributed by atoms with van der Waals surface area (Å²) >= 11 is 3.38. The van der Waals surface area contributed by atoms with Crippen molar-refractivity contribution in [2.45, 2.75) is 6.54 Å². The van der Waals surface area contributed by atoms with Crippen molar-refractivity contribution < 1.29 is 0 Å². The summed E-state index contributed by atoms with van der Waals surface area (Å²) in [5.41, 5.74) is 1.12. The molecule has 0 fully saturated rings. The maximum atomic E-state index is 5.03. The molecule has 1 radical (unpaired) electrons. The van der Waals surface area contributed by atoms with Crippen molar-refractivity contribution in [2.24, 2.45) is 4.90 Å². The number of hydrogen-bond acceptors (Lipinski definition) is 1. The standard InChI is InChI=1S/C7H6BBrN/c8-10-5-6-3-1-2-4-7(6)9/h1-4H,5H2. The van der Waals surface area contributed by atoms with Crippen LogP contribution in [0, 0.1) is 0 Å². The van der Waals surface area contributed by atoms with Crippen LogP contribution < -0.4 is 0 Å². The van der Waals surface area contributed by atoms with Gasteiger partial charge in [-0.25, -0.2) is 0 Å². The molecule has 0 amide bonds. The molecule has 1 aromatic carbocycles. The molecule has 0 aliphatic heterocycles. The van der Waals surface area contributed by atoms with E-state index in [1.54, 1.807) is 0 Å². The molecule has 1 aromatic rings. The van der Waals surface area contributed by atoms with E-state index in [1.165, 1.54) is 0 Å². The molecular formula is C7H6BBrN. The molecule has 1 nitrogen and oxygen atoms in total. The molecule has 0 saturated heterocycles. The van der Waals surface area contributed by atoms with Gasteiger partial charge < -0.3 is 0 Å². The van der Waals surface area contributed by atoms with Crippen molar-refractivity contribution in [3.8, 4) is 0 Å². The minimum atomic E-state index is 0.571. The van der Waals surface area contributed by atoms with Gasteiger partial charge in [0, 0.05) is 0 Å². The van der Waals surface area contributed by atoms with E-state index in [9.17, 15) is 0 Å². The molecule has 3 heteroatoms. The number of hydrogen-bond donors (Lipinski definition) is 0. The Morgan fingerprint density at radius 1 is 1.40 bits per heavy atom. The summed E-state index contributed by atoms with van der Waals surface area (Å²) in [6.45, 7) is 0.571. The third-order valence-corrected chi connectivity index (χ3v) is 1.99. The van der Waals surface area contributed by atoms with Crippen LogP contribution in [0.25, 0.3) is 0 Å². The Kier molecular flexibility index (Phi) is 2.81. The number of nitrogens with zero attached hydrogens (tertiary/aromatic N) is 1. The first-order valence-electron chi connectivity index (χ1n) is 2.94. The molecule has 0 heterocycles. The quantitative estimate of drug-likeness (QED) is 0.641. The molecule has 0 aliphatic carbocycles. The van der Waals surface area contributed by atoms with Gasteiger partial charge in [0.1, 0.15) is 0 Å². The first-order valence-corrected chi connectivity index (χ1v) is 3.74. The molecule has 0 spiro atoms. The Morgan fingerprint density at radius 2 is 2.10 bits per heavy atom. The van der Waals surface area contributed by atoms with Gasteiger partial charge in [-0.15, -0.1) is 0 Å². The summed E-state index contributed by atoms with van der Waals surface area (Å²) in [6, 6.07) is 7.89. The van der Waals surface area contributed by atoms with Gasteiger partial charge in [-0.3, -0.25) is 0 Å². The predicted octanol–water partition coefficient (Wildman–Crippen LogP) is 2.30. The fourth-order valence-corrected chi connectivity index (χ4v) is 1.14. The molecule has 49 valence electrons. The Hall–Kier alpha value is -0.435. The zero-order valence-corrected chi connectivity index (χ0v) is 7.01. The summed E-state index contributed by atoms with van der Waals surface area (Å²) < 4.78 is 1.06. The first-order chi connectivity index (χ1) is 4.84. The van der Waals surface area contributed by atoms with Gasteiger partial charge in [0.2, 0.25) is 0 Å². The van der Waals surface area contributed by atoms with Crippen molar-refractivity contribution in [3.05, 3.63) is 34.3 Å². The van der Waals surface area contributed by atoms with Gasteiger partial charge in [-0.05, 0) is 0 Å². The fourth-order valence-electron chi connectivity index (χ4n) is 0.725. The Labute approximate surface area is 69.7 Å². The van der Waals surface area contributed by atoms with Crippen LogP contribution in [0.5, 0.6) is 0 Å². The summed E-state index contributed by atoms with van der Waals surface area (Å²) in [7, 11) is 5.03. The summed E-state index contributed by atoms with van der Waals surface area (Å²) in [6.07, 6.45) is 0. The van der Waals surface area contributed by atoms with Crippen LogP contribution in [0.1, 0.15) is 5.56 Å². The van der Waals surface area contributed by atoms with Gasteiger partial charge in [0.25, 0.3) is 0 Å². The summed E-state index contributed by atoms with van der Waals surface area (Å²) in [5, 5.41) is 0. The normalized spacial score (nSPS) is 9.20. The molecule has 0 aliphatic rings. The molecule has 0 aromatic heterocycles. The zero-order chi connectivity index (χ0) is 7.40. The molecule has 1 rings (SSSR count). The van der Waals surface area contributed by atoms with Crippen LogP contribution in [0.4, 0.5) is 0 Å². The van der Waals surface area contributed by atoms with E-state index in [4.69, 9.17) is 7.64 Å². The van der Waals surface area contributed by atoms with E-state index in [1.807, 2.05) is 24.3 Å². The SMILES string of the molecule is [B]=NCc1ccccc1Br. The van der Waals surface area contributed by atoms with E-state index in [0.717, 1.165) is 10.0 Å². The Balaban J connectivity index is 2.91. The minimum absolute atomic E-state index is 0.571. The Bertz CT molecular complexity index is 237. The van der Waals surface area contributed by atoms with E-state index < -0.39 is 0 Å². The van der Waals surface area contributed by atoms with Crippen LogP contribution in [-0.2, 0) is 6.54 Å². The van der Waals surface area contributed by atoms with Crippen LogP contribution in [-0.4, -0.2) is 7.64 Å². The third kappa shape index (κ3) is 1.77. The first kappa shape index (κ1) is 7.67. The van der Waals surface area contributed by atoms with E-state index in [0.29, 0.717) is 6.54 Å². The average molecular weight is 195 g/mol. The zero-order valence-electron chi connectivity index (χ0n) is 5.42. The van der Waals surface area contributed by atoms with Crippen molar-refractivity contribution in [2.75, 3.05) is 0 Å². The average Bonchev–Trinajstić information content (AvgIpc) is 1.94. The number of rotatable bonds is 2. The second-order valence-corrected chi connectivity index (χ2v) is 2.79. The monoisotopic (exact) mass is 194 g/mol. The molecule has 10 heavy (non-hydrogen) atoms. The van der Waals surface area contributed by atoms with Crippen LogP contribution >= 0.6 is 15.9 Å². The van der Waals surface area contributed by atoms with Crippen LogP contribution in [0.2, 0.25) is 0 Å². The van der Waals surface area contributed by atoms with Crippen molar-refractivity contribution in [3.63, 3.8) is 0 Å². The van der Waals surface area contributed by atoms with E-state index in [-0.39, 0.29) is 0 Å². The van der Waals surface area contributed by atoms with Crippen LogP contribution in [0.3, 0.4) is 0 Å². The number of benzene rings is 1. The second kappa shape index (κ2) is 3.66. The molecule has 0 bridgehead atoms. The van der Waals surface area contributed by atoms with E-state index >= 15 is 0 Å². The van der Waals surface area contributed by atoms with Crippen molar-refractivity contribution in [1.29, 1.82) is 0 Å². The molecule has 0 N–H and O–H groups in total. The molecule has 0 unspecified atom stereocenters. The van der Waals surface area contributed by atoms with Gasteiger partial charge in [0.15, 0.2) is 0 Å². The van der Waals surface area contributed by atoms with Gasteiger partial charge >= 0.3 is 69.3 Å². The van der Waals surface area contributed by atoms with Crippen molar-refractivity contribution >= 4 is 23.6 Å². The van der Waals surface area contributed by atoms with Crippen molar-refractivity contribution in [1.82, 2.24) is 0 Å². The van der Waals surface area contributed by atoms with Crippen LogP contribution in [0.15, 0.2) is 33.6 Å². The topological polar surface area (TPSA) is 12.4 Å². The molecule has 0 atom stereocenters. The van der Waals surface area contributed by atoms with Gasteiger partial charge in [-0.2, -0.15) is 0 Å². The third-order valence-electron chi connectivity index (χ3n) is 1.22. The van der Waals surface area contributed by atoms with Gasteiger partial charge in [0.05, 0.1) is 0 Å². The second-order valence-electron chi connectivity index (χ2n) is 1.93. The molecule has 0 saturated carbocycles. The van der Waals surface area contributed by atoms with Gasteiger partial charge in [-0.1, -0.05) is 0 Å². The predicted molar refractivity (Wildman–Crippen MR) is 46.0 cm³/mol. The van der Waals surface area contributed by atoms with E-state index in [2.05, 4.69) is 20.8 Å². The summed E-state index contributed by atoms with van der Waals surface area (Å²) in [4.78, 5) is 3.54. The molecular weight excluding hydrogens is 189 g/mol. The summed E-state index contributed by atoms with van der Waals surface area (Å²) in [5.74, 6) is 0.